The number of hydrogen-bond donors (Lipinski definition) is 0. The molecule has 1 aliphatic rings. The molecule has 21 heavy (non-hydrogen) atoms. The van der Waals surface area contributed by atoms with E-state index in [1.54, 1.807) is 0 Å². The third-order valence-corrected chi connectivity index (χ3v) is 4.38. The number of nitrogens with zero attached hydrogens (tertiary/aromatic N) is 4. The van der Waals surface area contributed by atoms with Crippen molar-refractivity contribution in [3.05, 3.63) is 17.6 Å². The molecule has 1 aliphatic heterocycles. The van der Waals surface area contributed by atoms with Gasteiger partial charge in [0.1, 0.15) is 11.6 Å². The van der Waals surface area contributed by atoms with Crippen LogP contribution in [0.1, 0.15) is 63.9 Å². The van der Waals surface area contributed by atoms with Crippen LogP contribution in [-0.2, 0) is 0 Å². The van der Waals surface area contributed by atoms with E-state index in [9.17, 15) is 0 Å². The summed E-state index contributed by atoms with van der Waals surface area (Å²) in [6.07, 6.45) is 2.43. The van der Waals surface area contributed by atoms with Gasteiger partial charge in [0.05, 0.1) is 0 Å². The topological polar surface area (TPSA) is 32.3 Å². The lowest BCUT2D eigenvalue weighted by Gasteiger charge is -2.36. The number of aromatic nitrogens is 2. The number of rotatable bonds is 4. The van der Waals surface area contributed by atoms with E-state index in [0.29, 0.717) is 17.9 Å². The zero-order valence-electron chi connectivity index (χ0n) is 14.4. The summed E-state index contributed by atoms with van der Waals surface area (Å²) in [6, 6.07) is 2.89. The fraction of sp³-hybridized carbons (Fsp3) is 0.765. The van der Waals surface area contributed by atoms with Gasteiger partial charge in [-0.1, -0.05) is 27.7 Å². The van der Waals surface area contributed by atoms with Crippen LogP contribution < -0.4 is 4.90 Å². The Morgan fingerprint density at radius 3 is 2.14 bits per heavy atom. The first kappa shape index (κ1) is 16.2. The minimum atomic E-state index is 0.377. The van der Waals surface area contributed by atoms with E-state index in [-0.39, 0.29) is 0 Å². The number of hydrogen-bond acceptors (Lipinski definition) is 4. The highest BCUT2D eigenvalue weighted by molar-refractivity contribution is 5.41. The number of anilines is 1. The van der Waals surface area contributed by atoms with Crippen molar-refractivity contribution in [2.75, 3.05) is 32.1 Å². The molecule has 1 saturated heterocycles. The summed E-state index contributed by atoms with van der Waals surface area (Å²) < 4.78 is 0. The van der Waals surface area contributed by atoms with Gasteiger partial charge in [-0.2, -0.15) is 0 Å². The van der Waals surface area contributed by atoms with Crippen LogP contribution in [0, 0.1) is 0 Å². The first-order valence-corrected chi connectivity index (χ1v) is 8.18. The third-order valence-electron chi connectivity index (χ3n) is 4.38. The van der Waals surface area contributed by atoms with E-state index in [0.717, 1.165) is 24.7 Å². The Bertz CT molecular complexity index is 434. The molecule has 0 unspecified atom stereocenters. The molecule has 4 nitrogen and oxygen atoms in total. The Hall–Kier alpha value is -1.16. The van der Waals surface area contributed by atoms with E-state index in [1.165, 1.54) is 18.5 Å². The van der Waals surface area contributed by atoms with Gasteiger partial charge in [-0.15, -0.1) is 0 Å². The molecule has 0 radical (unpaired) electrons. The molecule has 118 valence electrons. The minimum Gasteiger partial charge on any atom is -0.356 e. The van der Waals surface area contributed by atoms with Gasteiger partial charge in [-0.3, -0.25) is 0 Å². The summed E-state index contributed by atoms with van der Waals surface area (Å²) in [5.74, 6) is 2.92. The smallest absolute Gasteiger partial charge is 0.133 e. The summed E-state index contributed by atoms with van der Waals surface area (Å²) in [5.41, 5.74) is 1.17. The Kier molecular flexibility index (Phi) is 5.20. The molecule has 1 fully saturated rings. The van der Waals surface area contributed by atoms with Gasteiger partial charge in [-0.25, -0.2) is 9.97 Å². The summed E-state index contributed by atoms with van der Waals surface area (Å²) in [7, 11) is 4.36. The zero-order chi connectivity index (χ0) is 15.6. The average Bonchev–Trinajstić information content (AvgIpc) is 2.46. The fourth-order valence-electron chi connectivity index (χ4n) is 2.80. The largest absolute Gasteiger partial charge is 0.356 e. The molecule has 0 bridgehead atoms. The molecule has 0 aromatic carbocycles. The molecule has 0 saturated carbocycles. The summed E-state index contributed by atoms with van der Waals surface area (Å²) in [6.45, 7) is 10.9. The van der Waals surface area contributed by atoms with E-state index >= 15 is 0 Å². The number of piperidine rings is 1. The van der Waals surface area contributed by atoms with Crippen molar-refractivity contribution in [3.63, 3.8) is 0 Å². The molecule has 2 rings (SSSR count). The normalized spacial score (nSPS) is 17.3. The second-order valence-electron chi connectivity index (χ2n) is 7.00. The van der Waals surface area contributed by atoms with E-state index < -0.39 is 0 Å². The summed E-state index contributed by atoms with van der Waals surface area (Å²) in [5, 5.41) is 0. The van der Waals surface area contributed by atoms with Gasteiger partial charge in [0, 0.05) is 36.8 Å². The zero-order valence-corrected chi connectivity index (χ0v) is 14.4. The average molecular weight is 290 g/mol. The molecule has 0 atom stereocenters. The predicted molar refractivity (Wildman–Crippen MR) is 89.1 cm³/mol. The standard InChI is InChI=1S/C17H30N4/c1-12(2)15-11-16(19-17(18-15)13(3)4)21-9-7-14(8-10-21)20(5)6/h11-14H,7-10H2,1-6H3. The monoisotopic (exact) mass is 290 g/mol. The molecule has 0 spiro atoms. The van der Waals surface area contributed by atoms with Crippen molar-refractivity contribution in [1.29, 1.82) is 0 Å². The van der Waals surface area contributed by atoms with Crippen LogP contribution >= 0.6 is 0 Å². The first-order valence-electron chi connectivity index (χ1n) is 8.18. The van der Waals surface area contributed by atoms with E-state index in [4.69, 9.17) is 9.97 Å². The molecular formula is C17H30N4. The molecule has 2 heterocycles. The minimum absolute atomic E-state index is 0.377. The molecule has 1 aromatic rings. The first-order chi connectivity index (χ1) is 9.88. The van der Waals surface area contributed by atoms with Crippen molar-refractivity contribution < 1.29 is 0 Å². The van der Waals surface area contributed by atoms with Crippen molar-refractivity contribution in [2.45, 2.75) is 58.4 Å². The van der Waals surface area contributed by atoms with Crippen LogP contribution in [-0.4, -0.2) is 48.1 Å². The van der Waals surface area contributed by atoms with Crippen molar-refractivity contribution in [1.82, 2.24) is 14.9 Å². The maximum absolute atomic E-state index is 4.81. The van der Waals surface area contributed by atoms with E-state index in [1.807, 2.05) is 0 Å². The Morgan fingerprint density at radius 2 is 1.67 bits per heavy atom. The highest BCUT2D eigenvalue weighted by Gasteiger charge is 2.22. The Balaban J connectivity index is 2.19. The lowest BCUT2D eigenvalue weighted by molar-refractivity contribution is 0.249. The van der Waals surface area contributed by atoms with Crippen LogP contribution in [0.25, 0.3) is 0 Å². The van der Waals surface area contributed by atoms with Crippen LogP contribution in [0.4, 0.5) is 5.82 Å². The van der Waals surface area contributed by atoms with Gasteiger partial charge in [0.15, 0.2) is 0 Å². The highest BCUT2D eigenvalue weighted by Crippen LogP contribution is 2.25. The predicted octanol–water partition coefficient (Wildman–Crippen LogP) is 3.25. The lowest BCUT2D eigenvalue weighted by atomic mass is 10.0. The maximum atomic E-state index is 4.81. The molecule has 4 heteroatoms. The SMILES string of the molecule is CC(C)c1cc(N2CCC(N(C)C)CC2)nc(C(C)C)n1. The maximum Gasteiger partial charge on any atom is 0.133 e. The van der Waals surface area contributed by atoms with Gasteiger partial charge < -0.3 is 9.80 Å². The summed E-state index contributed by atoms with van der Waals surface area (Å²) in [4.78, 5) is 14.3. The second-order valence-corrected chi connectivity index (χ2v) is 7.00. The van der Waals surface area contributed by atoms with Gasteiger partial charge >= 0.3 is 0 Å². The lowest BCUT2D eigenvalue weighted by Crippen LogP contribution is -2.42. The quantitative estimate of drug-likeness (QED) is 0.852. The van der Waals surface area contributed by atoms with E-state index in [2.05, 4.69) is 57.7 Å². The van der Waals surface area contributed by atoms with Crippen molar-refractivity contribution in [3.8, 4) is 0 Å². The Labute approximate surface area is 129 Å². The van der Waals surface area contributed by atoms with Gasteiger partial charge in [0.25, 0.3) is 0 Å². The highest BCUT2D eigenvalue weighted by atomic mass is 15.2. The molecule has 0 amide bonds. The van der Waals surface area contributed by atoms with Gasteiger partial charge in [-0.05, 0) is 32.9 Å². The third kappa shape index (κ3) is 3.94. The van der Waals surface area contributed by atoms with Crippen LogP contribution in [0.2, 0.25) is 0 Å². The van der Waals surface area contributed by atoms with Crippen LogP contribution in [0.3, 0.4) is 0 Å². The van der Waals surface area contributed by atoms with Crippen molar-refractivity contribution >= 4 is 5.82 Å². The molecule has 1 aromatic heterocycles. The summed E-state index contributed by atoms with van der Waals surface area (Å²) >= 11 is 0. The van der Waals surface area contributed by atoms with Crippen LogP contribution in [0.5, 0.6) is 0 Å². The second kappa shape index (κ2) is 6.73. The Morgan fingerprint density at radius 1 is 1.05 bits per heavy atom. The fourth-order valence-corrected chi connectivity index (χ4v) is 2.80. The molecule has 0 aliphatic carbocycles. The van der Waals surface area contributed by atoms with Crippen LogP contribution in [0.15, 0.2) is 6.07 Å². The molecular weight excluding hydrogens is 260 g/mol. The van der Waals surface area contributed by atoms with Crippen molar-refractivity contribution in [2.24, 2.45) is 0 Å². The molecule has 0 N–H and O–H groups in total. The van der Waals surface area contributed by atoms with Gasteiger partial charge in [0.2, 0.25) is 0 Å².